The first-order valence-corrected chi connectivity index (χ1v) is 7.56. The number of carbonyl (C=O) groups is 1. The van der Waals surface area contributed by atoms with E-state index in [0.717, 1.165) is 36.9 Å². The molecule has 20 heavy (non-hydrogen) atoms. The van der Waals surface area contributed by atoms with Crippen LogP contribution in [0.15, 0.2) is 24.3 Å². The Balaban J connectivity index is 2.49. The van der Waals surface area contributed by atoms with Gasteiger partial charge in [-0.25, -0.2) is 0 Å². The van der Waals surface area contributed by atoms with Gasteiger partial charge in [-0.2, -0.15) is 0 Å². The topological polar surface area (TPSA) is 29.5 Å². The van der Waals surface area contributed by atoms with E-state index >= 15 is 0 Å². The summed E-state index contributed by atoms with van der Waals surface area (Å²) < 4.78 is 5.42. The average molecular weight is 275 g/mol. The number of rotatable bonds is 4. The molecule has 0 N–H and O–H groups in total. The Bertz CT molecular complexity index is 462. The van der Waals surface area contributed by atoms with Gasteiger partial charge in [0.2, 0.25) is 0 Å². The summed E-state index contributed by atoms with van der Waals surface area (Å²) in [5.41, 5.74) is 1.81. The Morgan fingerprint density at radius 1 is 1.20 bits per heavy atom. The first-order valence-electron chi connectivity index (χ1n) is 7.56. The van der Waals surface area contributed by atoms with Gasteiger partial charge < -0.3 is 9.64 Å². The van der Waals surface area contributed by atoms with E-state index in [1.54, 1.807) is 0 Å². The van der Waals surface area contributed by atoms with Gasteiger partial charge in [0.05, 0.1) is 12.0 Å². The molecule has 3 nitrogen and oxygen atoms in total. The zero-order valence-electron chi connectivity index (χ0n) is 12.8. The normalized spacial score (nSPS) is 17.6. The molecule has 0 spiro atoms. The minimum Gasteiger partial charge on any atom is -0.465 e. The molecule has 110 valence electrons. The van der Waals surface area contributed by atoms with Crippen molar-refractivity contribution in [2.45, 2.75) is 44.4 Å². The molecule has 2 rings (SSSR count). The molecule has 0 atom stereocenters. The molecule has 1 saturated carbocycles. The van der Waals surface area contributed by atoms with Crippen molar-refractivity contribution in [1.82, 2.24) is 0 Å². The van der Waals surface area contributed by atoms with Crippen molar-refractivity contribution >= 4 is 11.7 Å². The minimum absolute atomic E-state index is 0.0472. The lowest BCUT2D eigenvalue weighted by molar-refractivity contribution is -0.151. The van der Waals surface area contributed by atoms with Gasteiger partial charge in [-0.15, -0.1) is 0 Å². The smallest absolute Gasteiger partial charge is 0.316 e. The molecular weight excluding hydrogens is 250 g/mol. The van der Waals surface area contributed by atoms with Crippen LogP contribution in [0.5, 0.6) is 0 Å². The first kappa shape index (κ1) is 14.9. The predicted molar refractivity (Wildman–Crippen MR) is 82.2 cm³/mol. The van der Waals surface area contributed by atoms with Crippen LogP contribution in [0.3, 0.4) is 0 Å². The first-order chi connectivity index (χ1) is 9.62. The van der Waals surface area contributed by atoms with Crippen LogP contribution in [-0.2, 0) is 14.9 Å². The molecule has 0 amide bonds. The van der Waals surface area contributed by atoms with Crippen LogP contribution < -0.4 is 4.90 Å². The summed E-state index contributed by atoms with van der Waals surface area (Å²) in [5.74, 6) is -0.0472. The summed E-state index contributed by atoms with van der Waals surface area (Å²) in [6, 6.07) is 8.24. The van der Waals surface area contributed by atoms with Crippen molar-refractivity contribution in [3.05, 3.63) is 29.8 Å². The van der Waals surface area contributed by atoms with Gasteiger partial charge >= 0.3 is 5.97 Å². The molecule has 0 bridgehead atoms. The largest absolute Gasteiger partial charge is 0.465 e. The van der Waals surface area contributed by atoms with Crippen LogP contribution in [0, 0.1) is 0 Å². The van der Waals surface area contributed by atoms with E-state index in [4.69, 9.17) is 4.74 Å². The molecule has 1 aliphatic carbocycles. The number of benzene rings is 1. The van der Waals surface area contributed by atoms with E-state index in [1.165, 1.54) is 6.42 Å². The van der Waals surface area contributed by atoms with Crippen molar-refractivity contribution in [3.63, 3.8) is 0 Å². The van der Waals surface area contributed by atoms with Crippen molar-refractivity contribution in [2.75, 3.05) is 25.6 Å². The Kier molecular flexibility index (Phi) is 4.69. The van der Waals surface area contributed by atoms with Gasteiger partial charge in [0, 0.05) is 19.8 Å². The fraction of sp³-hybridized carbons (Fsp3) is 0.588. The molecule has 0 radical (unpaired) electrons. The number of carbonyl (C=O) groups excluding carboxylic acids is 1. The fourth-order valence-electron chi connectivity index (χ4n) is 3.28. The third kappa shape index (κ3) is 2.67. The minimum atomic E-state index is -0.449. The molecule has 0 aliphatic heterocycles. The van der Waals surface area contributed by atoms with Gasteiger partial charge in [0.15, 0.2) is 0 Å². The Hall–Kier alpha value is -1.51. The second kappa shape index (κ2) is 6.29. The molecular formula is C17H25NO2. The molecule has 0 aromatic heterocycles. The molecule has 1 aromatic rings. The highest BCUT2D eigenvalue weighted by molar-refractivity contribution is 5.86. The molecule has 0 unspecified atom stereocenters. The van der Waals surface area contributed by atoms with Gasteiger partial charge in [-0.05, 0) is 31.4 Å². The monoisotopic (exact) mass is 275 g/mol. The van der Waals surface area contributed by atoms with E-state index in [9.17, 15) is 4.79 Å². The number of hydrogen-bond donors (Lipinski definition) is 0. The number of para-hydroxylation sites is 1. The van der Waals surface area contributed by atoms with Crippen LogP contribution in [0.2, 0.25) is 0 Å². The van der Waals surface area contributed by atoms with Gasteiger partial charge in [-0.1, -0.05) is 37.5 Å². The highest BCUT2D eigenvalue weighted by Gasteiger charge is 2.44. The Labute approximate surface area is 121 Å². The molecule has 1 aliphatic rings. The third-order valence-electron chi connectivity index (χ3n) is 4.27. The summed E-state index contributed by atoms with van der Waals surface area (Å²) in [5, 5.41) is 0. The van der Waals surface area contributed by atoms with Crippen LogP contribution in [0.4, 0.5) is 5.69 Å². The van der Waals surface area contributed by atoms with E-state index in [0.29, 0.717) is 6.61 Å². The summed E-state index contributed by atoms with van der Waals surface area (Å²) in [6.07, 6.45) is 5.21. The second-order valence-electron chi connectivity index (χ2n) is 5.77. The van der Waals surface area contributed by atoms with E-state index < -0.39 is 5.41 Å². The summed E-state index contributed by atoms with van der Waals surface area (Å²) in [7, 11) is 4.06. The second-order valence-corrected chi connectivity index (χ2v) is 5.77. The van der Waals surface area contributed by atoms with Gasteiger partial charge in [0.25, 0.3) is 0 Å². The molecule has 1 fully saturated rings. The van der Waals surface area contributed by atoms with Crippen molar-refractivity contribution in [2.24, 2.45) is 0 Å². The lowest BCUT2D eigenvalue weighted by atomic mass is 9.68. The molecule has 1 aromatic carbocycles. The number of ether oxygens (including phenoxy) is 1. The molecule has 0 saturated heterocycles. The van der Waals surface area contributed by atoms with Crippen LogP contribution >= 0.6 is 0 Å². The van der Waals surface area contributed by atoms with Crippen molar-refractivity contribution in [3.8, 4) is 0 Å². The SMILES string of the molecule is CCOC(=O)C1(c2ccccc2N(C)C)CCCCC1. The van der Waals surface area contributed by atoms with E-state index in [1.807, 2.05) is 33.2 Å². The highest BCUT2D eigenvalue weighted by Crippen LogP contribution is 2.44. The average Bonchev–Trinajstić information content (AvgIpc) is 2.48. The summed E-state index contributed by atoms with van der Waals surface area (Å²) in [6.45, 7) is 2.33. The third-order valence-corrected chi connectivity index (χ3v) is 4.27. The number of nitrogens with zero attached hydrogens (tertiary/aromatic N) is 1. The summed E-state index contributed by atoms with van der Waals surface area (Å²) >= 11 is 0. The quantitative estimate of drug-likeness (QED) is 0.787. The highest BCUT2D eigenvalue weighted by atomic mass is 16.5. The fourth-order valence-corrected chi connectivity index (χ4v) is 3.28. The number of esters is 1. The predicted octanol–water partition coefficient (Wildman–Crippen LogP) is 3.52. The van der Waals surface area contributed by atoms with Crippen molar-refractivity contribution in [1.29, 1.82) is 0 Å². The maximum absolute atomic E-state index is 12.7. The van der Waals surface area contributed by atoms with Gasteiger partial charge in [-0.3, -0.25) is 4.79 Å². The van der Waals surface area contributed by atoms with Gasteiger partial charge in [0.1, 0.15) is 0 Å². The maximum Gasteiger partial charge on any atom is 0.316 e. The number of anilines is 1. The van der Waals surface area contributed by atoms with Crippen molar-refractivity contribution < 1.29 is 9.53 Å². The van der Waals surface area contributed by atoms with Crippen LogP contribution in [-0.4, -0.2) is 26.7 Å². The zero-order valence-corrected chi connectivity index (χ0v) is 12.8. The lowest BCUT2D eigenvalue weighted by Crippen LogP contribution is -2.40. The Morgan fingerprint density at radius 2 is 1.85 bits per heavy atom. The van der Waals surface area contributed by atoms with E-state index in [2.05, 4.69) is 17.0 Å². The standard InChI is InChI=1S/C17H25NO2/c1-4-20-16(19)17(12-8-5-9-13-17)14-10-6-7-11-15(14)18(2)3/h6-7,10-11H,4-5,8-9,12-13H2,1-3H3. The van der Waals surface area contributed by atoms with Crippen LogP contribution in [0.25, 0.3) is 0 Å². The molecule has 0 heterocycles. The summed E-state index contributed by atoms with van der Waals surface area (Å²) in [4.78, 5) is 14.7. The number of hydrogen-bond acceptors (Lipinski definition) is 3. The van der Waals surface area contributed by atoms with Crippen LogP contribution in [0.1, 0.15) is 44.6 Å². The Morgan fingerprint density at radius 3 is 2.45 bits per heavy atom. The van der Waals surface area contributed by atoms with E-state index in [-0.39, 0.29) is 5.97 Å². The zero-order chi connectivity index (χ0) is 14.6. The maximum atomic E-state index is 12.7. The lowest BCUT2D eigenvalue weighted by Gasteiger charge is -2.37. The molecule has 3 heteroatoms.